The summed E-state index contributed by atoms with van der Waals surface area (Å²) in [4.78, 5) is 11.7. The monoisotopic (exact) mass is 532 g/mol. The standard InChI is InChI=1S/C30H26F2N2O5/c1-34-24(11-12-33-34)17-3-8-26(23(32)13-17)39-25-10-7-22(31)30-21(25)6-9-27(30)38-19-4-5-20-18(14-29(35)36-2)16-37-28(20)15-19/h3-5,7-8,10-13,15,18,27H,6,9,14,16H2,1-2H3/t18?,27-/m1/s1. The number of methoxy groups -OCH3 is 1. The molecule has 1 unspecified atom stereocenters. The van der Waals surface area contributed by atoms with Gasteiger partial charge in [-0.1, -0.05) is 6.07 Å². The van der Waals surface area contributed by atoms with E-state index in [-0.39, 0.29) is 24.1 Å². The van der Waals surface area contributed by atoms with Gasteiger partial charge in [0.2, 0.25) is 0 Å². The SMILES string of the molecule is COC(=O)CC1COc2cc(O[C@@H]3CCc4c(Oc5ccc(-c6ccnn6C)cc5F)ccc(F)c43)ccc21. The summed E-state index contributed by atoms with van der Waals surface area (Å²) < 4.78 is 54.4. The normalized spacial score (nSPS) is 17.3. The molecule has 0 radical (unpaired) electrons. The van der Waals surface area contributed by atoms with Crippen LogP contribution >= 0.6 is 0 Å². The summed E-state index contributed by atoms with van der Waals surface area (Å²) in [5.41, 5.74) is 3.43. The first-order valence-electron chi connectivity index (χ1n) is 12.7. The Bertz CT molecular complexity index is 1570. The predicted molar refractivity (Wildman–Crippen MR) is 138 cm³/mol. The van der Waals surface area contributed by atoms with Gasteiger partial charge in [-0.2, -0.15) is 5.10 Å². The third-order valence-electron chi connectivity index (χ3n) is 7.29. The van der Waals surface area contributed by atoms with Crippen LogP contribution in [0.15, 0.2) is 60.8 Å². The van der Waals surface area contributed by atoms with Crippen molar-refractivity contribution < 1.29 is 32.5 Å². The van der Waals surface area contributed by atoms with Gasteiger partial charge in [-0.3, -0.25) is 9.48 Å². The molecule has 4 aromatic rings. The maximum atomic E-state index is 15.0. The molecule has 2 heterocycles. The Balaban J connectivity index is 1.21. The number of fused-ring (bicyclic) bond motifs is 2. The minimum Gasteiger partial charge on any atom is -0.492 e. The highest BCUT2D eigenvalue weighted by Crippen LogP contribution is 2.44. The predicted octanol–water partition coefficient (Wildman–Crippen LogP) is 6.26. The first-order chi connectivity index (χ1) is 18.9. The molecule has 0 bridgehead atoms. The van der Waals surface area contributed by atoms with E-state index in [1.54, 1.807) is 48.3 Å². The van der Waals surface area contributed by atoms with Crippen LogP contribution in [0.25, 0.3) is 11.3 Å². The zero-order valence-electron chi connectivity index (χ0n) is 21.4. The fourth-order valence-electron chi connectivity index (χ4n) is 5.32. The molecule has 6 rings (SSSR count). The molecule has 1 aliphatic carbocycles. The number of aryl methyl sites for hydroxylation is 1. The van der Waals surface area contributed by atoms with E-state index in [1.807, 2.05) is 6.07 Å². The summed E-state index contributed by atoms with van der Waals surface area (Å²) >= 11 is 0. The van der Waals surface area contributed by atoms with E-state index in [1.165, 1.54) is 25.3 Å². The lowest BCUT2D eigenvalue weighted by Crippen LogP contribution is -2.09. The molecule has 200 valence electrons. The van der Waals surface area contributed by atoms with Gasteiger partial charge in [-0.25, -0.2) is 8.78 Å². The topological polar surface area (TPSA) is 71.8 Å². The van der Waals surface area contributed by atoms with Crippen LogP contribution in [0, 0.1) is 11.6 Å². The summed E-state index contributed by atoms with van der Waals surface area (Å²) in [6, 6.07) is 14.8. The third-order valence-corrected chi connectivity index (χ3v) is 7.29. The highest BCUT2D eigenvalue weighted by molar-refractivity contribution is 5.71. The number of ether oxygens (including phenoxy) is 4. The lowest BCUT2D eigenvalue weighted by atomic mass is 9.98. The average Bonchev–Trinajstić information content (AvgIpc) is 3.66. The van der Waals surface area contributed by atoms with Crippen LogP contribution in [0.2, 0.25) is 0 Å². The Morgan fingerprint density at radius 2 is 1.92 bits per heavy atom. The molecular weight excluding hydrogens is 506 g/mol. The second-order valence-electron chi connectivity index (χ2n) is 9.66. The van der Waals surface area contributed by atoms with Crippen molar-refractivity contribution in [3.8, 4) is 34.3 Å². The van der Waals surface area contributed by atoms with Crippen molar-refractivity contribution in [2.24, 2.45) is 7.05 Å². The number of rotatable bonds is 7. The van der Waals surface area contributed by atoms with Crippen LogP contribution in [0.5, 0.6) is 23.0 Å². The maximum absolute atomic E-state index is 15.0. The van der Waals surface area contributed by atoms with E-state index in [0.29, 0.717) is 53.4 Å². The van der Waals surface area contributed by atoms with Gasteiger partial charge in [-0.15, -0.1) is 0 Å². The largest absolute Gasteiger partial charge is 0.492 e. The molecule has 0 saturated heterocycles. The van der Waals surface area contributed by atoms with Crippen molar-refractivity contribution in [1.82, 2.24) is 9.78 Å². The van der Waals surface area contributed by atoms with Crippen molar-refractivity contribution in [2.75, 3.05) is 13.7 Å². The van der Waals surface area contributed by atoms with Crippen LogP contribution in [0.4, 0.5) is 8.78 Å². The maximum Gasteiger partial charge on any atom is 0.306 e. The van der Waals surface area contributed by atoms with Crippen molar-refractivity contribution in [1.29, 1.82) is 0 Å². The Morgan fingerprint density at radius 3 is 2.69 bits per heavy atom. The lowest BCUT2D eigenvalue weighted by molar-refractivity contribution is -0.141. The Labute approximate surface area is 223 Å². The molecule has 0 saturated carbocycles. The minimum absolute atomic E-state index is 0.0522. The number of carbonyl (C=O) groups is 1. The Kier molecular flexibility index (Phi) is 6.42. The average molecular weight is 533 g/mol. The van der Waals surface area contributed by atoms with Crippen molar-refractivity contribution in [2.45, 2.75) is 31.3 Å². The Hall–Kier alpha value is -4.40. The number of nitrogens with zero attached hydrogens (tertiary/aromatic N) is 2. The van der Waals surface area contributed by atoms with E-state index in [9.17, 15) is 9.18 Å². The summed E-state index contributed by atoms with van der Waals surface area (Å²) in [7, 11) is 3.15. The smallest absolute Gasteiger partial charge is 0.306 e. The molecule has 1 aromatic heterocycles. The molecule has 0 fully saturated rings. The molecule has 0 amide bonds. The zero-order valence-corrected chi connectivity index (χ0v) is 21.4. The van der Waals surface area contributed by atoms with Crippen LogP contribution in [0.3, 0.4) is 0 Å². The molecule has 1 aliphatic heterocycles. The van der Waals surface area contributed by atoms with Crippen molar-refractivity contribution in [3.05, 3.63) is 89.1 Å². The molecule has 0 spiro atoms. The Morgan fingerprint density at radius 1 is 1.08 bits per heavy atom. The molecule has 7 nitrogen and oxygen atoms in total. The molecule has 9 heteroatoms. The number of esters is 1. The number of hydrogen-bond donors (Lipinski definition) is 0. The van der Waals surface area contributed by atoms with E-state index in [4.69, 9.17) is 18.9 Å². The quantitative estimate of drug-likeness (QED) is 0.262. The number of aromatic nitrogens is 2. The van der Waals surface area contributed by atoms with Gasteiger partial charge in [0.05, 0.1) is 25.8 Å². The van der Waals surface area contributed by atoms with E-state index in [2.05, 4.69) is 5.10 Å². The number of carbonyl (C=O) groups excluding carboxylic acids is 1. The van der Waals surface area contributed by atoms with Crippen LogP contribution in [-0.4, -0.2) is 29.5 Å². The summed E-state index contributed by atoms with van der Waals surface area (Å²) in [6.07, 6.45) is 2.41. The van der Waals surface area contributed by atoms with Gasteiger partial charge in [0, 0.05) is 47.5 Å². The van der Waals surface area contributed by atoms with Crippen molar-refractivity contribution >= 4 is 5.97 Å². The van der Waals surface area contributed by atoms with Crippen molar-refractivity contribution in [3.63, 3.8) is 0 Å². The fourth-order valence-corrected chi connectivity index (χ4v) is 5.32. The van der Waals surface area contributed by atoms with Crippen LogP contribution in [-0.2, 0) is 23.0 Å². The highest BCUT2D eigenvalue weighted by Gasteiger charge is 2.32. The summed E-state index contributed by atoms with van der Waals surface area (Å²) in [6.45, 7) is 0.384. The number of benzene rings is 3. The second kappa shape index (κ2) is 10.1. The van der Waals surface area contributed by atoms with Gasteiger partial charge >= 0.3 is 5.97 Å². The molecular formula is C30H26F2N2O5. The highest BCUT2D eigenvalue weighted by atomic mass is 19.1. The van der Waals surface area contributed by atoms with Gasteiger partial charge < -0.3 is 18.9 Å². The van der Waals surface area contributed by atoms with Crippen LogP contribution < -0.4 is 14.2 Å². The van der Waals surface area contributed by atoms with E-state index in [0.717, 1.165) is 11.3 Å². The van der Waals surface area contributed by atoms with E-state index < -0.39 is 17.7 Å². The summed E-state index contributed by atoms with van der Waals surface area (Å²) in [5.74, 6) is 0.323. The molecule has 39 heavy (non-hydrogen) atoms. The van der Waals surface area contributed by atoms with Gasteiger partial charge in [0.1, 0.15) is 29.2 Å². The summed E-state index contributed by atoms with van der Waals surface area (Å²) in [5, 5.41) is 4.12. The second-order valence-corrected chi connectivity index (χ2v) is 9.66. The van der Waals surface area contributed by atoms with Gasteiger partial charge in [0.25, 0.3) is 0 Å². The zero-order chi connectivity index (χ0) is 27.1. The number of halogens is 2. The third kappa shape index (κ3) is 4.69. The molecule has 2 aliphatic rings. The molecule has 0 N–H and O–H groups in total. The lowest BCUT2D eigenvalue weighted by Gasteiger charge is -2.17. The first kappa shape index (κ1) is 24.9. The van der Waals surface area contributed by atoms with E-state index >= 15 is 4.39 Å². The fraction of sp³-hybridized carbons (Fsp3) is 0.267. The van der Waals surface area contributed by atoms with Gasteiger partial charge in [0.15, 0.2) is 11.6 Å². The van der Waals surface area contributed by atoms with Crippen LogP contribution in [0.1, 0.15) is 41.6 Å². The number of hydrogen-bond acceptors (Lipinski definition) is 6. The first-order valence-corrected chi connectivity index (χ1v) is 12.7. The minimum atomic E-state index is -0.536. The molecule has 3 aromatic carbocycles. The molecule has 2 atom stereocenters. The van der Waals surface area contributed by atoms with Gasteiger partial charge in [-0.05, 0) is 55.3 Å².